The van der Waals surface area contributed by atoms with E-state index in [2.05, 4.69) is 45.9 Å². The highest BCUT2D eigenvalue weighted by molar-refractivity contribution is 7.92. The number of benzene rings is 1. The Bertz CT molecular complexity index is 1370. The van der Waals surface area contributed by atoms with E-state index in [1.807, 2.05) is 32.0 Å². The van der Waals surface area contributed by atoms with Gasteiger partial charge in [0.05, 0.1) is 11.7 Å². The molecule has 0 saturated carbocycles. The fourth-order valence-electron chi connectivity index (χ4n) is 4.21. The van der Waals surface area contributed by atoms with Gasteiger partial charge in [-0.15, -0.1) is 0 Å². The molecule has 0 unspecified atom stereocenters. The van der Waals surface area contributed by atoms with E-state index in [-0.39, 0.29) is 40.6 Å². The average molecular weight is 499 g/mol. The lowest BCUT2D eigenvalue weighted by Crippen LogP contribution is -2.41. The number of hydrogen-bond donors (Lipinski definition) is 2. The molecule has 0 saturated heterocycles. The number of nitrogens with one attached hydrogen (secondary N) is 2. The summed E-state index contributed by atoms with van der Waals surface area (Å²) in [5.74, 6) is -0.408. The molecular formula is C24H30N6O4S. The highest BCUT2D eigenvalue weighted by Crippen LogP contribution is 2.30. The largest absolute Gasteiger partial charge is 0.475 e. The maximum Gasteiger partial charge on any atom is 0.281 e. The molecule has 1 aromatic carbocycles. The number of carbonyl (C=O) groups excluding carboxylic acids is 1. The van der Waals surface area contributed by atoms with Crippen molar-refractivity contribution in [2.45, 2.75) is 52.1 Å². The minimum atomic E-state index is -4.14. The summed E-state index contributed by atoms with van der Waals surface area (Å²) in [7, 11) is -2.68. The van der Waals surface area contributed by atoms with Gasteiger partial charge in [0.1, 0.15) is 6.61 Å². The second-order valence-corrected chi connectivity index (χ2v) is 11.7. The molecule has 11 heteroatoms. The molecule has 2 aromatic heterocycles. The SMILES string of the molecule is Cc1cccc(C)c1-c1cc2nc(n1)NS(=O)(=O)c1cc(nn1C)C(=O)N[C@H](CC(C)(C)C)CO2. The van der Waals surface area contributed by atoms with Gasteiger partial charge in [0.25, 0.3) is 15.9 Å². The van der Waals surface area contributed by atoms with Gasteiger partial charge in [-0.3, -0.25) is 9.48 Å². The number of sulfonamides is 1. The predicted octanol–water partition coefficient (Wildman–Crippen LogP) is 3.22. The number of anilines is 1. The van der Waals surface area contributed by atoms with E-state index in [0.717, 1.165) is 21.4 Å². The summed E-state index contributed by atoms with van der Waals surface area (Å²) < 4.78 is 35.9. The van der Waals surface area contributed by atoms with Gasteiger partial charge in [-0.2, -0.15) is 18.5 Å². The third-order valence-corrected chi connectivity index (χ3v) is 7.02. The Hall–Kier alpha value is -3.47. The topological polar surface area (TPSA) is 128 Å². The fourth-order valence-corrected chi connectivity index (χ4v) is 5.30. The Kier molecular flexibility index (Phi) is 6.31. The smallest absolute Gasteiger partial charge is 0.281 e. The number of aryl methyl sites for hydroxylation is 3. The monoisotopic (exact) mass is 498 g/mol. The summed E-state index contributed by atoms with van der Waals surface area (Å²) in [5.41, 5.74) is 3.25. The van der Waals surface area contributed by atoms with Gasteiger partial charge in [-0.1, -0.05) is 39.0 Å². The molecule has 2 N–H and O–H groups in total. The van der Waals surface area contributed by atoms with E-state index < -0.39 is 15.9 Å². The first kappa shape index (κ1) is 24.6. The van der Waals surface area contributed by atoms with Gasteiger partial charge < -0.3 is 10.1 Å². The van der Waals surface area contributed by atoms with Crippen LogP contribution in [0.4, 0.5) is 5.95 Å². The van der Waals surface area contributed by atoms with Crippen molar-refractivity contribution in [3.05, 3.63) is 47.2 Å². The van der Waals surface area contributed by atoms with Crippen molar-refractivity contribution in [3.8, 4) is 17.1 Å². The van der Waals surface area contributed by atoms with Gasteiger partial charge >= 0.3 is 0 Å². The molecule has 4 rings (SSSR count). The molecule has 10 nitrogen and oxygen atoms in total. The number of amides is 1. The van der Waals surface area contributed by atoms with Crippen LogP contribution in [0.2, 0.25) is 0 Å². The lowest BCUT2D eigenvalue weighted by atomic mass is 9.88. The predicted molar refractivity (Wildman–Crippen MR) is 132 cm³/mol. The van der Waals surface area contributed by atoms with Crippen LogP contribution in [-0.4, -0.2) is 46.7 Å². The Labute approximate surface area is 205 Å². The second-order valence-electron chi connectivity index (χ2n) is 10.0. The lowest BCUT2D eigenvalue weighted by Gasteiger charge is -2.26. The molecule has 0 radical (unpaired) electrons. The summed E-state index contributed by atoms with van der Waals surface area (Å²) in [6.45, 7) is 10.3. The van der Waals surface area contributed by atoms with Gasteiger partial charge in [0.15, 0.2) is 10.7 Å². The molecule has 0 fully saturated rings. The molecule has 35 heavy (non-hydrogen) atoms. The Morgan fingerprint density at radius 2 is 1.80 bits per heavy atom. The summed E-state index contributed by atoms with van der Waals surface area (Å²) in [6.07, 6.45) is 0.622. The van der Waals surface area contributed by atoms with Crippen LogP contribution in [-0.2, 0) is 17.1 Å². The second kappa shape index (κ2) is 8.95. The number of carbonyl (C=O) groups is 1. The van der Waals surface area contributed by atoms with Crippen LogP contribution in [0.3, 0.4) is 0 Å². The third-order valence-electron chi connectivity index (χ3n) is 5.64. The molecule has 0 spiro atoms. The zero-order valence-electron chi connectivity index (χ0n) is 20.7. The van der Waals surface area contributed by atoms with Crippen LogP contribution in [0.25, 0.3) is 11.3 Å². The van der Waals surface area contributed by atoms with Crippen LogP contribution in [0.15, 0.2) is 35.4 Å². The summed E-state index contributed by atoms with van der Waals surface area (Å²) in [4.78, 5) is 21.7. The standard InChI is InChI=1S/C24H30N6O4S/c1-14-8-7-9-15(2)21(14)17-10-19-27-23(26-17)29-35(32,33)20-11-18(28-30(20)6)22(31)25-16(13-34-19)12-24(3,4)5/h7-11,16H,12-13H2,1-6H3,(H,25,31)(H,26,27,29)/t16-/m1/s1. The third kappa shape index (κ3) is 5.45. The molecule has 3 heterocycles. The quantitative estimate of drug-likeness (QED) is 0.555. The number of hydrogen-bond acceptors (Lipinski definition) is 7. The number of rotatable bonds is 2. The van der Waals surface area contributed by atoms with E-state index in [0.29, 0.717) is 12.1 Å². The Morgan fingerprint density at radius 1 is 1.11 bits per heavy atom. The maximum atomic E-state index is 13.2. The zero-order chi connectivity index (χ0) is 25.5. The molecule has 1 aliphatic rings. The molecular weight excluding hydrogens is 468 g/mol. The molecule has 0 aliphatic carbocycles. The minimum Gasteiger partial charge on any atom is -0.475 e. The zero-order valence-corrected chi connectivity index (χ0v) is 21.5. The van der Waals surface area contributed by atoms with E-state index in [4.69, 9.17) is 4.74 Å². The Morgan fingerprint density at radius 3 is 2.46 bits per heavy atom. The first-order valence-corrected chi connectivity index (χ1v) is 12.8. The number of ether oxygens (including phenoxy) is 1. The van der Waals surface area contributed by atoms with Gasteiger partial charge in [0.2, 0.25) is 11.8 Å². The molecule has 186 valence electrons. The van der Waals surface area contributed by atoms with Gasteiger partial charge in [-0.25, -0.2) is 9.71 Å². The van der Waals surface area contributed by atoms with Crippen LogP contribution in [0.5, 0.6) is 5.88 Å². The van der Waals surface area contributed by atoms with Crippen LogP contribution >= 0.6 is 0 Å². The highest BCUT2D eigenvalue weighted by Gasteiger charge is 2.28. The summed E-state index contributed by atoms with van der Waals surface area (Å²) >= 11 is 0. The molecule has 1 aliphatic heterocycles. The van der Waals surface area contributed by atoms with E-state index >= 15 is 0 Å². The average Bonchev–Trinajstić information content (AvgIpc) is 3.13. The first-order chi connectivity index (χ1) is 16.3. The van der Waals surface area contributed by atoms with E-state index in [1.54, 1.807) is 6.07 Å². The van der Waals surface area contributed by atoms with Crippen molar-refractivity contribution in [2.75, 3.05) is 11.3 Å². The number of fused-ring (bicyclic) bond motifs is 4. The van der Waals surface area contributed by atoms with E-state index in [9.17, 15) is 13.2 Å². The van der Waals surface area contributed by atoms with Crippen molar-refractivity contribution in [2.24, 2.45) is 12.5 Å². The molecule has 4 bridgehead atoms. The minimum absolute atomic E-state index is 0.00474. The van der Waals surface area contributed by atoms with Crippen molar-refractivity contribution in [1.82, 2.24) is 25.1 Å². The van der Waals surface area contributed by atoms with Crippen LogP contribution < -0.4 is 14.8 Å². The van der Waals surface area contributed by atoms with Crippen molar-refractivity contribution in [3.63, 3.8) is 0 Å². The number of nitrogens with zero attached hydrogens (tertiary/aromatic N) is 4. The van der Waals surface area contributed by atoms with Crippen LogP contribution in [0.1, 0.15) is 48.8 Å². The maximum absolute atomic E-state index is 13.2. The highest BCUT2D eigenvalue weighted by atomic mass is 32.2. The van der Waals surface area contributed by atoms with Gasteiger partial charge in [-0.05, 0) is 36.8 Å². The van der Waals surface area contributed by atoms with Crippen molar-refractivity contribution in [1.29, 1.82) is 0 Å². The fraction of sp³-hybridized carbons (Fsp3) is 0.417. The van der Waals surface area contributed by atoms with Crippen molar-refractivity contribution >= 4 is 21.9 Å². The van der Waals surface area contributed by atoms with Gasteiger partial charge in [0, 0.05) is 24.7 Å². The normalized spacial score (nSPS) is 17.8. The molecule has 1 amide bonds. The Balaban J connectivity index is 1.86. The van der Waals surface area contributed by atoms with Crippen molar-refractivity contribution < 1.29 is 17.9 Å². The number of aromatic nitrogens is 4. The van der Waals surface area contributed by atoms with Crippen LogP contribution in [0, 0.1) is 19.3 Å². The first-order valence-electron chi connectivity index (χ1n) is 11.3. The summed E-state index contributed by atoms with van der Waals surface area (Å²) in [5, 5.41) is 6.86. The lowest BCUT2D eigenvalue weighted by molar-refractivity contribution is 0.0898. The molecule has 3 aromatic rings. The molecule has 1 atom stereocenters. The summed E-state index contributed by atoms with van der Waals surface area (Å²) in [6, 6.07) is 8.43. The van der Waals surface area contributed by atoms with E-state index in [1.165, 1.54) is 13.1 Å².